The Balaban J connectivity index is 1.63. The summed E-state index contributed by atoms with van der Waals surface area (Å²) >= 11 is 0. The van der Waals surface area contributed by atoms with E-state index in [2.05, 4.69) is 20.6 Å². The van der Waals surface area contributed by atoms with E-state index in [4.69, 9.17) is 4.74 Å². The summed E-state index contributed by atoms with van der Waals surface area (Å²) in [4.78, 5) is 0. The lowest BCUT2D eigenvalue weighted by Crippen LogP contribution is -2.81. The highest BCUT2D eigenvalue weighted by atomic mass is 16.5. The number of quaternary nitrogens is 1. The molecule has 2 N–H and O–H groups in total. The molecule has 5 atom stereocenters. The van der Waals surface area contributed by atoms with Crippen molar-refractivity contribution in [2.75, 3.05) is 13.6 Å². The van der Waals surface area contributed by atoms with E-state index >= 15 is 0 Å². The lowest BCUT2D eigenvalue weighted by Gasteiger charge is -2.66. The minimum absolute atomic E-state index is 0.199. The molecule has 2 heterocycles. The minimum atomic E-state index is -0.785. The van der Waals surface area contributed by atoms with Crippen LogP contribution in [0.4, 0.5) is 0 Å². The van der Waals surface area contributed by atoms with Crippen LogP contribution < -0.4 is 4.74 Å². The van der Waals surface area contributed by atoms with Crippen molar-refractivity contribution in [2.45, 2.75) is 87.5 Å². The molecule has 3 aliphatic carbocycles. The van der Waals surface area contributed by atoms with E-state index in [1.807, 2.05) is 6.07 Å². The summed E-state index contributed by atoms with van der Waals surface area (Å²) in [5.74, 6) is 0.856. The second-order valence-corrected chi connectivity index (χ2v) is 10.4. The van der Waals surface area contributed by atoms with E-state index in [1.165, 1.54) is 31.2 Å². The molecule has 4 heteroatoms. The molecule has 3 fully saturated rings. The fraction of sp³-hybridized carbons (Fsp3) is 0.667. The highest BCUT2D eigenvalue weighted by Crippen LogP contribution is 2.67. The summed E-state index contributed by atoms with van der Waals surface area (Å²) in [6.45, 7) is 7.53. The smallest absolute Gasteiger partial charge is 0.166 e. The number of benzene rings is 1. The van der Waals surface area contributed by atoms with Gasteiger partial charge in [0, 0.05) is 18.4 Å². The number of ether oxygens (including phenoxy) is 1. The fourth-order valence-corrected chi connectivity index (χ4v) is 8.10. The molecule has 4 nitrogen and oxygen atoms in total. The number of aromatic hydroxyl groups is 1. The Kier molecular flexibility index (Phi) is 3.19. The average Bonchev–Trinajstić information content (AvgIpc) is 3.30. The first-order valence-electron chi connectivity index (χ1n) is 11.1. The predicted molar refractivity (Wildman–Crippen MR) is 108 cm³/mol. The second-order valence-electron chi connectivity index (χ2n) is 10.4. The summed E-state index contributed by atoms with van der Waals surface area (Å²) in [6.07, 6.45) is 8.41. The van der Waals surface area contributed by atoms with E-state index in [-0.39, 0.29) is 17.9 Å². The molecule has 1 saturated heterocycles. The molecule has 2 aliphatic heterocycles. The van der Waals surface area contributed by atoms with E-state index in [9.17, 15) is 10.2 Å². The largest absolute Gasteiger partial charge is 0.504 e. The van der Waals surface area contributed by atoms with E-state index < -0.39 is 11.0 Å². The standard InChI is InChI=1S/C24H31NO3/c1-14-8-9-24(27)19-13-17-15(2)12-18(26)21-20(17)23(24,22(14)28-21)10-11-25(19,3)16-6-4-5-7-16/h12,16,19,22,27H,1,4-11,13H2,2-3H3/p+1/t19-,22+,23+,24-,25?/m1/s1. The molecular formula is C24H32NO3+. The molecule has 1 aromatic carbocycles. The topological polar surface area (TPSA) is 49.7 Å². The van der Waals surface area contributed by atoms with Gasteiger partial charge >= 0.3 is 0 Å². The first-order chi connectivity index (χ1) is 13.3. The maximum Gasteiger partial charge on any atom is 0.166 e. The molecule has 0 radical (unpaired) electrons. The molecule has 0 aromatic heterocycles. The number of phenolic OH excluding ortho intramolecular Hbond substituents is 1. The number of aryl methyl sites for hydroxylation is 1. The van der Waals surface area contributed by atoms with Crippen LogP contribution in [-0.4, -0.2) is 52.1 Å². The Bertz CT molecular complexity index is 904. The lowest BCUT2D eigenvalue weighted by atomic mass is 9.47. The molecule has 150 valence electrons. The zero-order valence-electron chi connectivity index (χ0n) is 17.1. The Labute approximate surface area is 167 Å². The maximum atomic E-state index is 12.5. The monoisotopic (exact) mass is 382 g/mol. The number of hydrogen-bond donors (Lipinski definition) is 2. The van der Waals surface area contributed by atoms with Gasteiger partial charge in [-0.05, 0) is 68.2 Å². The van der Waals surface area contributed by atoms with E-state index in [0.717, 1.165) is 53.4 Å². The number of hydrogen-bond acceptors (Lipinski definition) is 3. The van der Waals surface area contributed by atoms with Crippen molar-refractivity contribution in [1.82, 2.24) is 0 Å². The number of likely N-dealkylation sites (N-methyl/N-ethyl adjacent to an activating group) is 1. The molecule has 28 heavy (non-hydrogen) atoms. The molecule has 1 aromatic rings. The Morgan fingerprint density at radius 3 is 2.75 bits per heavy atom. The van der Waals surface area contributed by atoms with Crippen LogP contribution in [0.1, 0.15) is 61.6 Å². The maximum absolute atomic E-state index is 12.5. The quantitative estimate of drug-likeness (QED) is 0.577. The molecule has 1 unspecified atom stereocenters. The summed E-state index contributed by atoms with van der Waals surface area (Å²) in [5, 5.41) is 23.2. The second kappa shape index (κ2) is 5.14. The molecule has 5 aliphatic rings. The zero-order chi connectivity index (χ0) is 19.5. The Morgan fingerprint density at radius 2 is 2.00 bits per heavy atom. The normalized spacial score (nSPS) is 43.8. The van der Waals surface area contributed by atoms with Gasteiger partial charge in [-0.25, -0.2) is 0 Å². The van der Waals surface area contributed by atoms with Gasteiger partial charge in [0.05, 0.1) is 25.0 Å². The van der Waals surface area contributed by atoms with Gasteiger partial charge in [-0.2, -0.15) is 0 Å². The summed E-state index contributed by atoms with van der Waals surface area (Å²) < 4.78 is 7.43. The third kappa shape index (κ3) is 1.69. The zero-order valence-corrected chi connectivity index (χ0v) is 17.1. The van der Waals surface area contributed by atoms with Crippen LogP contribution in [0.2, 0.25) is 0 Å². The van der Waals surface area contributed by atoms with Crippen LogP contribution >= 0.6 is 0 Å². The Hall–Kier alpha value is -1.52. The van der Waals surface area contributed by atoms with Gasteiger partial charge in [0.1, 0.15) is 17.7 Å². The molecule has 2 saturated carbocycles. The van der Waals surface area contributed by atoms with E-state index in [0.29, 0.717) is 11.8 Å². The van der Waals surface area contributed by atoms with E-state index in [1.54, 1.807) is 0 Å². The fourth-order valence-electron chi connectivity index (χ4n) is 8.10. The van der Waals surface area contributed by atoms with Crippen LogP contribution in [0.5, 0.6) is 11.5 Å². The van der Waals surface area contributed by atoms with Crippen molar-refractivity contribution >= 4 is 0 Å². The van der Waals surface area contributed by atoms with Crippen molar-refractivity contribution in [3.8, 4) is 11.5 Å². The van der Waals surface area contributed by atoms with Gasteiger partial charge in [-0.3, -0.25) is 0 Å². The van der Waals surface area contributed by atoms with Gasteiger partial charge in [0.2, 0.25) is 0 Å². The van der Waals surface area contributed by atoms with Crippen molar-refractivity contribution in [3.05, 3.63) is 34.9 Å². The third-order valence-corrected chi connectivity index (χ3v) is 9.50. The van der Waals surface area contributed by atoms with Crippen molar-refractivity contribution in [1.29, 1.82) is 0 Å². The third-order valence-electron chi connectivity index (χ3n) is 9.50. The summed E-state index contributed by atoms with van der Waals surface area (Å²) in [6, 6.07) is 2.73. The SMILES string of the molecule is C=C1CC[C@@]2(O)[C@H]3Cc4c(C)cc(O)c5c4[C@@]2(CC[N+]3(C)C2CCCC2)[C@H]1O5. The minimum Gasteiger partial charge on any atom is -0.504 e. The first-order valence-corrected chi connectivity index (χ1v) is 11.1. The first kappa shape index (κ1) is 17.3. The van der Waals surface area contributed by atoms with Crippen molar-refractivity contribution in [3.63, 3.8) is 0 Å². The molecule has 1 spiro atoms. The highest BCUT2D eigenvalue weighted by Gasteiger charge is 2.76. The van der Waals surface area contributed by atoms with Crippen LogP contribution in [-0.2, 0) is 11.8 Å². The predicted octanol–water partition coefficient (Wildman–Crippen LogP) is 3.50. The van der Waals surface area contributed by atoms with Crippen LogP contribution in [0.3, 0.4) is 0 Å². The van der Waals surface area contributed by atoms with Gasteiger partial charge in [0.25, 0.3) is 0 Å². The number of piperidine rings is 1. The molecule has 0 amide bonds. The van der Waals surface area contributed by atoms with Gasteiger partial charge < -0.3 is 19.4 Å². The number of aliphatic hydroxyl groups is 1. The number of phenols is 1. The number of nitrogens with zero attached hydrogens (tertiary/aromatic N) is 1. The van der Waals surface area contributed by atoms with Crippen molar-refractivity contribution < 1.29 is 19.4 Å². The van der Waals surface area contributed by atoms with Crippen LogP contribution in [0, 0.1) is 6.92 Å². The molecule has 2 bridgehead atoms. The lowest BCUT2D eigenvalue weighted by molar-refractivity contribution is -0.970. The summed E-state index contributed by atoms with van der Waals surface area (Å²) in [5.41, 5.74) is 3.45. The van der Waals surface area contributed by atoms with Crippen LogP contribution in [0.25, 0.3) is 0 Å². The van der Waals surface area contributed by atoms with Gasteiger partial charge in [-0.15, -0.1) is 0 Å². The molecular weight excluding hydrogens is 350 g/mol. The number of rotatable bonds is 1. The highest BCUT2D eigenvalue weighted by molar-refractivity contribution is 5.65. The number of likely N-dealkylation sites (tertiary alicyclic amines) is 1. The Morgan fingerprint density at radius 1 is 1.25 bits per heavy atom. The van der Waals surface area contributed by atoms with Crippen molar-refractivity contribution in [2.24, 2.45) is 0 Å². The van der Waals surface area contributed by atoms with Gasteiger partial charge in [-0.1, -0.05) is 6.58 Å². The average molecular weight is 383 g/mol. The summed E-state index contributed by atoms with van der Waals surface area (Å²) in [7, 11) is 2.42. The van der Waals surface area contributed by atoms with Gasteiger partial charge in [0.15, 0.2) is 11.5 Å². The van der Waals surface area contributed by atoms with Crippen LogP contribution in [0.15, 0.2) is 18.2 Å². The molecule has 6 rings (SSSR count).